The van der Waals surface area contributed by atoms with E-state index in [9.17, 15) is 14.4 Å². The normalized spacial score (nSPS) is 11.6. The number of anilines is 1. The first-order chi connectivity index (χ1) is 14.3. The van der Waals surface area contributed by atoms with Gasteiger partial charge in [0.2, 0.25) is 5.91 Å². The van der Waals surface area contributed by atoms with E-state index in [4.69, 9.17) is 0 Å². The first kappa shape index (κ1) is 23.1. The Kier molecular flexibility index (Phi) is 8.59. The number of benzene rings is 2. The smallest absolute Gasteiger partial charge is 0.253 e. The zero-order chi connectivity index (χ0) is 22.1. The molecule has 0 radical (unpaired) electrons. The molecule has 2 rings (SSSR count). The van der Waals surface area contributed by atoms with E-state index in [1.807, 2.05) is 45.9 Å². The van der Waals surface area contributed by atoms with Crippen molar-refractivity contribution in [3.8, 4) is 0 Å². The maximum absolute atomic E-state index is 13.0. The summed E-state index contributed by atoms with van der Waals surface area (Å²) in [5.74, 6) is -0.432. The van der Waals surface area contributed by atoms with E-state index in [1.54, 1.807) is 41.3 Å². The van der Waals surface area contributed by atoms with E-state index in [0.717, 1.165) is 0 Å². The lowest BCUT2D eigenvalue weighted by atomic mass is 10.0. The molecule has 1 atom stereocenters. The van der Waals surface area contributed by atoms with Crippen LogP contribution in [0.5, 0.6) is 0 Å². The van der Waals surface area contributed by atoms with Gasteiger partial charge in [-0.1, -0.05) is 50.2 Å². The van der Waals surface area contributed by atoms with Crippen molar-refractivity contribution < 1.29 is 14.4 Å². The molecule has 0 saturated carbocycles. The molecule has 1 unspecified atom stereocenters. The van der Waals surface area contributed by atoms with Crippen molar-refractivity contribution in [2.24, 2.45) is 5.92 Å². The molecule has 0 aliphatic rings. The quantitative estimate of drug-likeness (QED) is 0.657. The number of carbonyl (C=O) groups is 3. The average molecular weight is 410 g/mol. The molecule has 0 bridgehead atoms. The fourth-order valence-corrected chi connectivity index (χ4v) is 3.17. The number of hydrogen-bond donors (Lipinski definition) is 2. The number of carbonyl (C=O) groups excluding carboxylic acids is 3. The predicted octanol–water partition coefficient (Wildman–Crippen LogP) is 4.01. The summed E-state index contributed by atoms with van der Waals surface area (Å²) in [4.78, 5) is 39.7. The number of nitrogens with zero attached hydrogens (tertiary/aromatic N) is 1. The molecule has 30 heavy (non-hydrogen) atoms. The summed E-state index contributed by atoms with van der Waals surface area (Å²) in [7, 11) is 0. The topological polar surface area (TPSA) is 78.5 Å². The molecule has 0 heterocycles. The van der Waals surface area contributed by atoms with Crippen molar-refractivity contribution in [1.29, 1.82) is 0 Å². The van der Waals surface area contributed by atoms with Crippen LogP contribution in [-0.2, 0) is 9.59 Å². The van der Waals surface area contributed by atoms with E-state index in [1.165, 1.54) is 0 Å². The summed E-state index contributed by atoms with van der Waals surface area (Å²) in [6, 6.07) is 15.2. The molecule has 0 saturated heterocycles. The van der Waals surface area contributed by atoms with Gasteiger partial charge in [0.05, 0.1) is 0 Å². The van der Waals surface area contributed by atoms with Gasteiger partial charge in [0.15, 0.2) is 0 Å². The molecular weight excluding hydrogens is 378 g/mol. The van der Waals surface area contributed by atoms with E-state index in [2.05, 4.69) is 10.6 Å². The van der Waals surface area contributed by atoms with E-state index in [-0.39, 0.29) is 23.6 Å². The van der Waals surface area contributed by atoms with Gasteiger partial charge in [-0.15, -0.1) is 0 Å². The largest absolute Gasteiger partial charge is 0.341 e. The van der Waals surface area contributed by atoms with Crippen LogP contribution in [0.2, 0.25) is 0 Å². The summed E-state index contributed by atoms with van der Waals surface area (Å²) in [6.45, 7) is 8.99. The molecule has 3 amide bonds. The van der Waals surface area contributed by atoms with E-state index >= 15 is 0 Å². The van der Waals surface area contributed by atoms with Crippen molar-refractivity contribution >= 4 is 23.4 Å². The Morgan fingerprint density at radius 2 is 1.60 bits per heavy atom. The fourth-order valence-electron chi connectivity index (χ4n) is 3.17. The van der Waals surface area contributed by atoms with Gasteiger partial charge in [0, 0.05) is 30.8 Å². The Bertz CT molecular complexity index is 861. The highest BCUT2D eigenvalue weighted by molar-refractivity contribution is 6.00. The molecule has 2 aromatic rings. The second-order valence-electron chi connectivity index (χ2n) is 7.56. The number of amides is 3. The summed E-state index contributed by atoms with van der Waals surface area (Å²) in [5, 5.41) is 5.68. The van der Waals surface area contributed by atoms with Crippen LogP contribution in [0, 0.1) is 5.92 Å². The van der Waals surface area contributed by atoms with Gasteiger partial charge in [-0.3, -0.25) is 14.4 Å². The van der Waals surface area contributed by atoms with Crippen molar-refractivity contribution in [3.05, 3.63) is 65.7 Å². The summed E-state index contributed by atoms with van der Waals surface area (Å²) < 4.78 is 0. The highest BCUT2D eigenvalue weighted by Crippen LogP contribution is 2.18. The van der Waals surface area contributed by atoms with E-state index in [0.29, 0.717) is 36.3 Å². The highest BCUT2D eigenvalue weighted by atomic mass is 16.2. The second kappa shape index (κ2) is 11.1. The molecule has 6 heteroatoms. The monoisotopic (exact) mass is 409 g/mol. The van der Waals surface area contributed by atoms with Crippen molar-refractivity contribution in [2.45, 2.75) is 40.2 Å². The number of rotatable bonds is 9. The molecule has 2 aromatic carbocycles. The van der Waals surface area contributed by atoms with Crippen molar-refractivity contribution in [3.63, 3.8) is 0 Å². The van der Waals surface area contributed by atoms with Crippen LogP contribution < -0.4 is 10.6 Å². The minimum atomic E-state index is -0.820. The average Bonchev–Trinajstić information content (AvgIpc) is 2.73. The zero-order valence-electron chi connectivity index (χ0n) is 18.1. The van der Waals surface area contributed by atoms with Gasteiger partial charge < -0.3 is 15.5 Å². The zero-order valence-corrected chi connectivity index (χ0v) is 18.1. The molecular formula is C24H31N3O3. The molecule has 0 aromatic heterocycles. The summed E-state index contributed by atoms with van der Waals surface area (Å²) in [5.41, 5.74) is 1.72. The van der Waals surface area contributed by atoms with E-state index < -0.39 is 6.04 Å². The molecule has 2 N–H and O–H groups in total. The molecule has 0 aliphatic heterocycles. The fraction of sp³-hybridized carbons (Fsp3) is 0.375. The number of hydrogen-bond acceptors (Lipinski definition) is 3. The van der Waals surface area contributed by atoms with Gasteiger partial charge in [0.25, 0.3) is 11.8 Å². The maximum atomic E-state index is 13.0. The van der Waals surface area contributed by atoms with Crippen LogP contribution in [0.15, 0.2) is 54.6 Å². The molecule has 0 spiro atoms. The second-order valence-corrected chi connectivity index (χ2v) is 7.56. The first-order valence-corrected chi connectivity index (χ1v) is 10.4. The predicted molar refractivity (Wildman–Crippen MR) is 119 cm³/mol. The molecule has 0 fully saturated rings. The Hall–Kier alpha value is -3.15. The molecule has 160 valence electrons. The van der Waals surface area contributed by atoms with Crippen molar-refractivity contribution in [2.75, 3.05) is 18.4 Å². The minimum Gasteiger partial charge on any atom is -0.341 e. The van der Waals surface area contributed by atoms with Gasteiger partial charge in [0.1, 0.15) is 6.04 Å². The van der Waals surface area contributed by atoms with Crippen LogP contribution in [-0.4, -0.2) is 35.7 Å². The Labute approximate surface area is 178 Å². The standard InChI is InChI=1S/C24H31N3O3/c1-5-27(6-2)24(30)19-13-10-14-20(16-19)25-23(29)22(18-11-8-7-9-12-18)26-21(28)15-17(3)4/h7-14,16-17,22H,5-6,15H2,1-4H3,(H,25,29)(H,26,28). The Morgan fingerprint density at radius 1 is 0.933 bits per heavy atom. The van der Waals surface area contributed by atoms with Crippen LogP contribution >= 0.6 is 0 Å². The van der Waals surface area contributed by atoms with Gasteiger partial charge in [-0.2, -0.15) is 0 Å². The third-order valence-corrected chi connectivity index (χ3v) is 4.72. The maximum Gasteiger partial charge on any atom is 0.253 e. The van der Waals surface area contributed by atoms with Gasteiger partial charge in [-0.05, 0) is 43.5 Å². The van der Waals surface area contributed by atoms with Crippen LogP contribution in [0.25, 0.3) is 0 Å². The lowest BCUT2D eigenvalue weighted by Gasteiger charge is -2.21. The third-order valence-electron chi connectivity index (χ3n) is 4.72. The first-order valence-electron chi connectivity index (χ1n) is 10.4. The lowest BCUT2D eigenvalue weighted by molar-refractivity contribution is -0.127. The van der Waals surface area contributed by atoms with Gasteiger partial charge >= 0.3 is 0 Å². The third kappa shape index (κ3) is 6.44. The number of nitrogens with one attached hydrogen (secondary N) is 2. The Morgan fingerprint density at radius 3 is 2.20 bits per heavy atom. The SMILES string of the molecule is CCN(CC)C(=O)c1cccc(NC(=O)C(NC(=O)CC(C)C)c2ccccc2)c1. The van der Waals surface area contributed by atoms with Crippen molar-refractivity contribution in [1.82, 2.24) is 10.2 Å². The van der Waals surface area contributed by atoms with Crippen LogP contribution in [0.3, 0.4) is 0 Å². The highest BCUT2D eigenvalue weighted by Gasteiger charge is 2.23. The van der Waals surface area contributed by atoms with Crippen LogP contribution in [0.1, 0.15) is 56.1 Å². The summed E-state index contributed by atoms with van der Waals surface area (Å²) >= 11 is 0. The minimum absolute atomic E-state index is 0.0825. The summed E-state index contributed by atoms with van der Waals surface area (Å²) in [6.07, 6.45) is 0.338. The van der Waals surface area contributed by atoms with Gasteiger partial charge in [-0.25, -0.2) is 0 Å². The molecule has 0 aliphatic carbocycles. The van der Waals surface area contributed by atoms with Crippen LogP contribution in [0.4, 0.5) is 5.69 Å². The lowest BCUT2D eigenvalue weighted by Crippen LogP contribution is -2.37. The Balaban J connectivity index is 2.22. The molecule has 6 nitrogen and oxygen atoms in total.